The van der Waals surface area contributed by atoms with Gasteiger partial charge in [0.25, 0.3) is 0 Å². The van der Waals surface area contributed by atoms with Crippen molar-refractivity contribution in [2.75, 3.05) is 0 Å². The third kappa shape index (κ3) is 16.6. The average Bonchev–Trinajstić information content (AvgIpc) is 3.49. The molecule has 0 aliphatic carbocycles. The van der Waals surface area contributed by atoms with Crippen LogP contribution in [0.1, 0.15) is 27.8 Å². The molecule has 0 saturated carbocycles. The van der Waals surface area contributed by atoms with Gasteiger partial charge in [0, 0.05) is 0 Å². The van der Waals surface area contributed by atoms with Crippen LogP contribution in [0.4, 0.5) is 0 Å². The largest absolute Gasteiger partial charge is 0.0622 e. The van der Waals surface area contributed by atoms with Crippen LogP contribution in [0.15, 0.2) is 322 Å². The van der Waals surface area contributed by atoms with Gasteiger partial charge in [-0.15, -0.1) is 0 Å². The Hall–Kier alpha value is -9.36. The molecule has 12 aromatic rings. The molecule has 0 aromatic heterocycles. The fourth-order valence-corrected chi connectivity index (χ4v) is 9.06. The van der Waals surface area contributed by atoms with Crippen molar-refractivity contribution >= 4 is 0 Å². The fourth-order valence-electron chi connectivity index (χ4n) is 9.06. The van der Waals surface area contributed by atoms with E-state index >= 15 is 0 Å². The number of benzene rings is 12. The van der Waals surface area contributed by atoms with E-state index in [0.29, 0.717) is 0 Å². The maximum Gasteiger partial charge on any atom is -0.0155 e. The smallest absolute Gasteiger partial charge is 0.0155 e. The van der Waals surface area contributed by atoms with Crippen molar-refractivity contribution in [2.24, 2.45) is 0 Å². The van der Waals surface area contributed by atoms with Crippen LogP contribution in [0.25, 0.3) is 77.9 Å². The Morgan fingerprint density at radius 3 is 0.805 bits per heavy atom. The Bertz CT molecular complexity index is 3560. The van der Waals surface area contributed by atoms with Crippen LogP contribution >= 0.6 is 0 Å². The highest BCUT2D eigenvalue weighted by molar-refractivity contribution is 5.75. The molecule has 0 N–H and O–H groups in total. The number of aryl methyl sites for hydroxylation is 5. The van der Waals surface area contributed by atoms with Gasteiger partial charge in [0.1, 0.15) is 0 Å². The summed E-state index contributed by atoms with van der Waals surface area (Å²) >= 11 is 0. The van der Waals surface area contributed by atoms with E-state index in [1.165, 1.54) is 106 Å². The van der Waals surface area contributed by atoms with Crippen molar-refractivity contribution < 1.29 is 0 Å². The van der Waals surface area contributed by atoms with E-state index in [-0.39, 0.29) is 0 Å². The molecule has 0 unspecified atom stereocenters. The second-order valence-corrected chi connectivity index (χ2v) is 19.3. The standard InChI is InChI=1S/2C19H16.3C13H12/c1-15-12-18(16-8-4-2-5-9-16)14-19(13-15)17-10-6-3-7-11-17;1-15-7-5-10-17(13-15)19-12-6-11-18(14-19)16-8-3-2-4-9-16;1-11-7-5-6-10-13(11)12-8-3-2-4-9-12;1-11-6-5-9-13(10-11)12-7-3-2-4-8-12;1-11-7-9-13(10-8-11)12-5-3-2-4-6-12/h2*2-14H,1H3;3*2-10H,1H3. The molecule has 0 radical (unpaired) electrons. The van der Waals surface area contributed by atoms with Gasteiger partial charge in [0.05, 0.1) is 0 Å². The Morgan fingerprint density at radius 2 is 0.403 bits per heavy atom. The molecule has 0 nitrogen and oxygen atoms in total. The number of hydrogen-bond acceptors (Lipinski definition) is 0. The van der Waals surface area contributed by atoms with Gasteiger partial charge < -0.3 is 0 Å². The summed E-state index contributed by atoms with van der Waals surface area (Å²) < 4.78 is 0. The summed E-state index contributed by atoms with van der Waals surface area (Å²) in [5, 5.41) is 0. The van der Waals surface area contributed by atoms with E-state index in [2.05, 4.69) is 332 Å². The summed E-state index contributed by atoms with van der Waals surface area (Å²) in [6.45, 7) is 10.6. The molecule has 0 bridgehead atoms. The second-order valence-electron chi connectivity index (χ2n) is 19.3. The molecule has 0 saturated heterocycles. The monoisotopic (exact) mass is 993 g/mol. The molecule has 0 aliphatic rings. The minimum absolute atomic E-state index is 1.26. The maximum absolute atomic E-state index is 2.26. The first kappa shape index (κ1) is 53.9. The quantitative estimate of drug-likeness (QED) is 0.149. The van der Waals surface area contributed by atoms with Gasteiger partial charge in [-0.25, -0.2) is 0 Å². The van der Waals surface area contributed by atoms with Crippen LogP contribution in [0.2, 0.25) is 0 Å². The van der Waals surface area contributed by atoms with Gasteiger partial charge in [-0.1, -0.05) is 326 Å². The number of hydrogen-bond donors (Lipinski definition) is 0. The molecule has 77 heavy (non-hydrogen) atoms. The Balaban J connectivity index is 0.000000129. The van der Waals surface area contributed by atoms with E-state index < -0.39 is 0 Å². The first-order valence-electron chi connectivity index (χ1n) is 26.6. The zero-order valence-corrected chi connectivity index (χ0v) is 45.1. The predicted molar refractivity (Wildman–Crippen MR) is 334 cm³/mol. The van der Waals surface area contributed by atoms with Crippen molar-refractivity contribution in [1.29, 1.82) is 0 Å². The predicted octanol–water partition coefficient (Wildman–Crippen LogP) is 21.6. The maximum atomic E-state index is 2.26. The normalized spacial score (nSPS) is 10.1. The zero-order chi connectivity index (χ0) is 53.4. The lowest BCUT2D eigenvalue weighted by Gasteiger charge is -2.08. The van der Waals surface area contributed by atoms with E-state index in [1.807, 2.05) is 24.3 Å². The van der Waals surface area contributed by atoms with E-state index in [1.54, 1.807) is 0 Å². The van der Waals surface area contributed by atoms with E-state index in [0.717, 1.165) is 0 Å². The molecule has 376 valence electrons. The van der Waals surface area contributed by atoms with Crippen molar-refractivity contribution in [3.8, 4) is 77.9 Å². The van der Waals surface area contributed by atoms with Crippen LogP contribution < -0.4 is 0 Å². The molecule has 0 heteroatoms. The van der Waals surface area contributed by atoms with Gasteiger partial charge in [0.15, 0.2) is 0 Å². The lowest BCUT2D eigenvalue weighted by Crippen LogP contribution is -1.84. The Morgan fingerprint density at radius 1 is 0.143 bits per heavy atom. The van der Waals surface area contributed by atoms with Crippen LogP contribution in [-0.2, 0) is 0 Å². The fraction of sp³-hybridized carbons (Fsp3) is 0.0649. The SMILES string of the molecule is Cc1cc(-c2ccccc2)cc(-c2ccccc2)c1.Cc1ccc(-c2ccccc2)cc1.Cc1cccc(-c2cccc(-c3ccccc3)c2)c1.Cc1cccc(-c2ccccc2)c1.Cc1ccccc1-c1ccccc1. The van der Waals surface area contributed by atoms with Crippen LogP contribution in [0, 0.1) is 34.6 Å². The highest BCUT2D eigenvalue weighted by Gasteiger charge is 2.05. The van der Waals surface area contributed by atoms with Crippen molar-refractivity contribution in [1.82, 2.24) is 0 Å². The molecule has 12 aromatic carbocycles. The van der Waals surface area contributed by atoms with Crippen molar-refractivity contribution in [2.45, 2.75) is 34.6 Å². The Kier molecular flexibility index (Phi) is 19.9. The van der Waals surface area contributed by atoms with Gasteiger partial charge in [-0.2, -0.15) is 0 Å². The minimum atomic E-state index is 1.26. The van der Waals surface area contributed by atoms with Gasteiger partial charge in [-0.05, 0) is 136 Å². The molecule has 0 amide bonds. The summed E-state index contributed by atoms with van der Waals surface area (Å²) in [6.07, 6.45) is 0. The van der Waals surface area contributed by atoms with Gasteiger partial charge in [-0.3, -0.25) is 0 Å². The van der Waals surface area contributed by atoms with Gasteiger partial charge >= 0.3 is 0 Å². The summed E-state index contributed by atoms with van der Waals surface area (Å²) in [5.41, 5.74) is 24.4. The summed E-state index contributed by atoms with van der Waals surface area (Å²) in [7, 11) is 0. The highest BCUT2D eigenvalue weighted by atomic mass is 14.1. The van der Waals surface area contributed by atoms with Crippen LogP contribution in [-0.4, -0.2) is 0 Å². The first-order chi connectivity index (χ1) is 37.8. The van der Waals surface area contributed by atoms with Gasteiger partial charge in [0.2, 0.25) is 0 Å². The second kappa shape index (κ2) is 28.3. The lowest BCUT2D eigenvalue weighted by molar-refractivity contribution is 1.46. The molecule has 0 atom stereocenters. The van der Waals surface area contributed by atoms with Crippen molar-refractivity contribution in [3.63, 3.8) is 0 Å². The third-order valence-corrected chi connectivity index (χ3v) is 13.1. The first-order valence-corrected chi connectivity index (χ1v) is 26.6. The van der Waals surface area contributed by atoms with E-state index in [9.17, 15) is 0 Å². The summed E-state index contributed by atoms with van der Waals surface area (Å²) in [4.78, 5) is 0. The minimum Gasteiger partial charge on any atom is -0.0622 e. The zero-order valence-electron chi connectivity index (χ0n) is 45.1. The topological polar surface area (TPSA) is 0 Å². The molecular formula is C77H68. The van der Waals surface area contributed by atoms with Crippen molar-refractivity contribution in [3.05, 3.63) is 349 Å². The average molecular weight is 993 g/mol. The molecular weight excluding hydrogens is 925 g/mol. The Labute approximate surface area is 459 Å². The summed E-state index contributed by atoms with van der Waals surface area (Å²) in [5.74, 6) is 0. The lowest BCUT2D eigenvalue weighted by atomic mass is 9.97. The van der Waals surface area contributed by atoms with E-state index in [4.69, 9.17) is 0 Å². The van der Waals surface area contributed by atoms with Crippen LogP contribution in [0.5, 0.6) is 0 Å². The molecule has 0 spiro atoms. The highest BCUT2D eigenvalue weighted by Crippen LogP contribution is 2.30. The molecule has 12 rings (SSSR count). The molecule has 0 fully saturated rings. The molecule has 0 heterocycles. The molecule has 0 aliphatic heterocycles. The summed E-state index contributed by atoms with van der Waals surface area (Å²) in [6, 6.07) is 113. The third-order valence-electron chi connectivity index (χ3n) is 13.1. The van der Waals surface area contributed by atoms with Crippen LogP contribution in [0.3, 0.4) is 0 Å². The number of rotatable bonds is 7.